The summed E-state index contributed by atoms with van der Waals surface area (Å²) >= 11 is 0. The first-order valence-corrected chi connectivity index (χ1v) is 6.28. The number of esters is 1. The van der Waals surface area contributed by atoms with Gasteiger partial charge < -0.3 is 10.1 Å². The third kappa shape index (κ3) is 5.36. The Morgan fingerprint density at radius 2 is 2.05 bits per heavy atom. The summed E-state index contributed by atoms with van der Waals surface area (Å²) in [6.07, 6.45) is 0. The van der Waals surface area contributed by atoms with Gasteiger partial charge in [-0.1, -0.05) is 6.07 Å². The number of hydrogen-bond donors (Lipinski definition) is 1. The van der Waals surface area contributed by atoms with E-state index in [1.165, 1.54) is 25.3 Å². The van der Waals surface area contributed by atoms with Gasteiger partial charge in [0.1, 0.15) is 5.82 Å². The molecule has 5 nitrogen and oxygen atoms in total. The lowest BCUT2D eigenvalue weighted by atomic mass is 10.3. The highest BCUT2D eigenvalue weighted by Crippen LogP contribution is 2.09. The molecule has 1 aromatic carbocycles. The fourth-order valence-electron chi connectivity index (χ4n) is 1.60. The van der Waals surface area contributed by atoms with Gasteiger partial charge in [-0.05, 0) is 32.0 Å². The highest BCUT2D eigenvalue weighted by molar-refractivity contribution is 5.92. The molecule has 0 spiro atoms. The van der Waals surface area contributed by atoms with Crippen molar-refractivity contribution in [3.63, 3.8) is 0 Å². The first-order chi connectivity index (χ1) is 9.42. The van der Waals surface area contributed by atoms with Crippen LogP contribution in [0.15, 0.2) is 24.3 Å². The maximum absolute atomic E-state index is 13.0. The number of hydrogen-bond acceptors (Lipinski definition) is 4. The van der Waals surface area contributed by atoms with Gasteiger partial charge in [0.15, 0.2) is 0 Å². The van der Waals surface area contributed by atoms with Crippen molar-refractivity contribution in [2.75, 3.05) is 25.5 Å². The highest BCUT2D eigenvalue weighted by atomic mass is 19.1. The first kappa shape index (κ1) is 16.1. The largest absolute Gasteiger partial charge is 0.468 e. The minimum absolute atomic E-state index is 0.00681. The molecule has 1 rings (SSSR count). The predicted molar refractivity (Wildman–Crippen MR) is 73.8 cm³/mol. The van der Waals surface area contributed by atoms with Crippen molar-refractivity contribution in [2.45, 2.75) is 19.9 Å². The number of methoxy groups -OCH3 is 1. The lowest BCUT2D eigenvalue weighted by molar-refractivity contribution is -0.142. The fraction of sp³-hybridized carbons (Fsp3) is 0.429. The second-order valence-corrected chi connectivity index (χ2v) is 4.63. The summed E-state index contributed by atoms with van der Waals surface area (Å²) in [5, 5.41) is 2.59. The van der Waals surface area contributed by atoms with Gasteiger partial charge in [-0.25, -0.2) is 4.39 Å². The molecule has 1 amide bonds. The minimum Gasteiger partial charge on any atom is -0.468 e. The Labute approximate surface area is 117 Å². The number of rotatable bonds is 6. The second-order valence-electron chi connectivity index (χ2n) is 4.63. The molecule has 6 heteroatoms. The molecule has 0 saturated heterocycles. The molecule has 0 aromatic heterocycles. The van der Waals surface area contributed by atoms with E-state index in [0.717, 1.165) is 0 Å². The zero-order chi connectivity index (χ0) is 15.1. The van der Waals surface area contributed by atoms with Gasteiger partial charge in [0, 0.05) is 11.7 Å². The standard InChI is InChI=1S/C14H19FN2O3/c1-10(2)17(9-14(19)20-3)8-13(18)16-12-6-4-5-11(15)7-12/h4-7,10H,8-9H2,1-3H3,(H,16,18). The summed E-state index contributed by atoms with van der Waals surface area (Å²) in [5.41, 5.74) is 0.386. The first-order valence-electron chi connectivity index (χ1n) is 6.28. The van der Waals surface area contributed by atoms with Crippen molar-refractivity contribution in [1.29, 1.82) is 0 Å². The molecule has 0 aliphatic heterocycles. The quantitative estimate of drug-likeness (QED) is 0.806. The number of ether oxygens (including phenoxy) is 1. The molecule has 1 N–H and O–H groups in total. The lowest BCUT2D eigenvalue weighted by Gasteiger charge is -2.24. The van der Waals surface area contributed by atoms with E-state index in [4.69, 9.17) is 0 Å². The van der Waals surface area contributed by atoms with Crippen molar-refractivity contribution in [1.82, 2.24) is 4.90 Å². The molecule has 1 aromatic rings. The van der Waals surface area contributed by atoms with Gasteiger partial charge in [0.25, 0.3) is 0 Å². The van der Waals surface area contributed by atoms with E-state index < -0.39 is 11.8 Å². The fourth-order valence-corrected chi connectivity index (χ4v) is 1.60. The van der Waals surface area contributed by atoms with Crippen molar-refractivity contribution in [3.05, 3.63) is 30.1 Å². The lowest BCUT2D eigenvalue weighted by Crippen LogP contribution is -2.41. The number of halogens is 1. The summed E-state index contributed by atoms with van der Waals surface area (Å²) < 4.78 is 17.6. The summed E-state index contributed by atoms with van der Waals surface area (Å²) in [4.78, 5) is 24.8. The van der Waals surface area contributed by atoms with Crippen molar-refractivity contribution < 1.29 is 18.7 Å². The van der Waals surface area contributed by atoms with Gasteiger partial charge in [0.05, 0.1) is 20.2 Å². The highest BCUT2D eigenvalue weighted by Gasteiger charge is 2.17. The van der Waals surface area contributed by atoms with Crippen LogP contribution in [-0.2, 0) is 14.3 Å². The maximum atomic E-state index is 13.0. The smallest absolute Gasteiger partial charge is 0.319 e. The number of anilines is 1. The van der Waals surface area contributed by atoms with Gasteiger partial charge in [-0.15, -0.1) is 0 Å². The third-order valence-corrected chi connectivity index (χ3v) is 2.75. The van der Waals surface area contributed by atoms with Crippen LogP contribution in [0.3, 0.4) is 0 Å². The average Bonchev–Trinajstić information content (AvgIpc) is 2.37. The van der Waals surface area contributed by atoms with E-state index in [0.29, 0.717) is 5.69 Å². The summed E-state index contributed by atoms with van der Waals surface area (Å²) in [6.45, 7) is 3.81. The molecule has 0 radical (unpaired) electrons. The SMILES string of the molecule is COC(=O)CN(CC(=O)Nc1cccc(F)c1)C(C)C. The molecule has 0 atom stereocenters. The zero-order valence-electron chi connectivity index (χ0n) is 11.9. The van der Waals surface area contributed by atoms with Crippen LogP contribution >= 0.6 is 0 Å². The van der Waals surface area contributed by atoms with Gasteiger partial charge in [-0.2, -0.15) is 0 Å². The number of carbonyl (C=O) groups excluding carboxylic acids is 2. The average molecular weight is 282 g/mol. The topological polar surface area (TPSA) is 58.6 Å². The van der Waals surface area contributed by atoms with Crippen LogP contribution in [0.5, 0.6) is 0 Å². The van der Waals surface area contributed by atoms with Crippen LogP contribution in [-0.4, -0.2) is 43.0 Å². The summed E-state index contributed by atoms with van der Waals surface area (Å²) in [6, 6.07) is 5.65. The zero-order valence-corrected chi connectivity index (χ0v) is 11.9. The number of amides is 1. The number of nitrogens with zero attached hydrogens (tertiary/aromatic N) is 1. The van der Waals surface area contributed by atoms with Crippen LogP contribution in [0.4, 0.5) is 10.1 Å². The molecule has 110 valence electrons. The normalized spacial score (nSPS) is 10.7. The van der Waals surface area contributed by atoms with E-state index in [1.807, 2.05) is 13.8 Å². The van der Waals surface area contributed by atoms with Gasteiger partial charge in [-0.3, -0.25) is 14.5 Å². The van der Waals surface area contributed by atoms with E-state index in [9.17, 15) is 14.0 Å². The van der Waals surface area contributed by atoms with Crippen LogP contribution in [0.25, 0.3) is 0 Å². The summed E-state index contributed by atoms with van der Waals surface area (Å²) in [7, 11) is 1.30. The monoisotopic (exact) mass is 282 g/mol. The molecule has 0 fully saturated rings. The molecular weight excluding hydrogens is 263 g/mol. The van der Waals surface area contributed by atoms with Crippen LogP contribution in [0.1, 0.15) is 13.8 Å². The summed E-state index contributed by atoms with van der Waals surface area (Å²) in [5.74, 6) is -1.14. The van der Waals surface area contributed by atoms with Crippen molar-refractivity contribution >= 4 is 17.6 Å². The molecular formula is C14H19FN2O3. The van der Waals surface area contributed by atoms with E-state index in [1.54, 1.807) is 11.0 Å². The third-order valence-electron chi connectivity index (χ3n) is 2.75. The van der Waals surface area contributed by atoms with E-state index in [2.05, 4.69) is 10.1 Å². The number of benzene rings is 1. The second kappa shape index (κ2) is 7.59. The molecule has 0 heterocycles. The Kier molecular flexibility index (Phi) is 6.11. The van der Waals surface area contributed by atoms with Crippen LogP contribution in [0.2, 0.25) is 0 Å². The molecule has 0 aliphatic carbocycles. The number of carbonyl (C=O) groups is 2. The Bertz CT molecular complexity index is 477. The van der Waals surface area contributed by atoms with E-state index in [-0.39, 0.29) is 25.0 Å². The number of nitrogens with one attached hydrogen (secondary N) is 1. The van der Waals surface area contributed by atoms with Gasteiger partial charge >= 0.3 is 5.97 Å². The molecule has 0 unspecified atom stereocenters. The van der Waals surface area contributed by atoms with Crippen molar-refractivity contribution in [3.8, 4) is 0 Å². The van der Waals surface area contributed by atoms with Crippen LogP contribution in [0, 0.1) is 5.82 Å². The van der Waals surface area contributed by atoms with Gasteiger partial charge in [0.2, 0.25) is 5.91 Å². The molecule has 20 heavy (non-hydrogen) atoms. The minimum atomic E-state index is -0.418. The maximum Gasteiger partial charge on any atom is 0.319 e. The Balaban J connectivity index is 2.60. The molecule has 0 bridgehead atoms. The predicted octanol–water partition coefficient (Wildman–Crippen LogP) is 1.65. The Morgan fingerprint density at radius 3 is 2.60 bits per heavy atom. The Hall–Kier alpha value is -1.95. The molecule has 0 aliphatic rings. The van der Waals surface area contributed by atoms with Crippen molar-refractivity contribution in [2.24, 2.45) is 0 Å². The molecule has 0 saturated carbocycles. The Morgan fingerprint density at radius 1 is 1.35 bits per heavy atom. The van der Waals surface area contributed by atoms with Crippen LogP contribution < -0.4 is 5.32 Å². The van der Waals surface area contributed by atoms with E-state index >= 15 is 0 Å².